The molecule has 0 radical (unpaired) electrons. The molecule has 0 saturated heterocycles. The lowest BCUT2D eigenvalue weighted by Crippen LogP contribution is -2.20. The van der Waals surface area contributed by atoms with Crippen molar-refractivity contribution >= 4 is 5.97 Å². The summed E-state index contributed by atoms with van der Waals surface area (Å²) in [5, 5.41) is 0. The number of esters is 1. The van der Waals surface area contributed by atoms with E-state index in [0.717, 1.165) is 6.42 Å². The standard InChI is InChI=1S/C31H62O2/c1-5-8-11-14-16-17-18-19-20-22-25-29(4)31(32)33-28-30(26-23-13-10-7-3)27-24-21-15-12-9-6-2/h29-30H,5-28H2,1-4H3. The molecule has 2 nitrogen and oxygen atoms in total. The summed E-state index contributed by atoms with van der Waals surface area (Å²) < 4.78 is 5.82. The average Bonchev–Trinajstić information content (AvgIpc) is 2.82. The van der Waals surface area contributed by atoms with Gasteiger partial charge in [-0.1, -0.05) is 156 Å². The van der Waals surface area contributed by atoms with Crippen LogP contribution in [-0.2, 0) is 9.53 Å². The van der Waals surface area contributed by atoms with Crippen LogP contribution in [0.15, 0.2) is 0 Å². The maximum atomic E-state index is 12.5. The van der Waals surface area contributed by atoms with Gasteiger partial charge in [-0.05, 0) is 25.2 Å². The zero-order chi connectivity index (χ0) is 24.4. The summed E-state index contributed by atoms with van der Waals surface area (Å²) >= 11 is 0. The summed E-state index contributed by atoms with van der Waals surface area (Å²) in [7, 11) is 0. The van der Waals surface area contributed by atoms with Crippen molar-refractivity contribution in [1.82, 2.24) is 0 Å². The van der Waals surface area contributed by atoms with Crippen LogP contribution >= 0.6 is 0 Å². The van der Waals surface area contributed by atoms with Gasteiger partial charge in [0.1, 0.15) is 0 Å². The average molecular weight is 467 g/mol. The SMILES string of the molecule is CCCCCCCCCCCCC(C)C(=O)OCC(CCCCCC)CCCCCCCC. The molecule has 2 heteroatoms. The Morgan fingerprint density at radius 3 is 1.27 bits per heavy atom. The van der Waals surface area contributed by atoms with Gasteiger partial charge in [-0.25, -0.2) is 0 Å². The topological polar surface area (TPSA) is 26.3 Å². The molecule has 0 aromatic rings. The van der Waals surface area contributed by atoms with Crippen molar-refractivity contribution in [2.75, 3.05) is 6.61 Å². The molecule has 0 rings (SSSR count). The van der Waals surface area contributed by atoms with Crippen LogP contribution in [0.2, 0.25) is 0 Å². The Labute approximate surface area is 209 Å². The third kappa shape index (κ3) is 23.0. The first-order valence-corrected chi connectivity index (χ1v) is 15.3. The molecule has 0 spiro atoms. The van der Waals surface area contributed by atoms with E-state index in [1.807, 2.05) is 0 Å². The van der Waals surface area contributed by atoms with E-state index in [1.54, 1.807) is 0 Å². The quantitative estimate of drug-likeness (QED) is 0.0935. The summed E-state index contributed by atoms with van der Waals surface area (Å²) in [5.74, 6) is 0.683. The summed E-state index contributed by atoms with van der Waals surface area (Å²) in [6.07, 6.45) is 30.2. The number of carbonyl (C=O) groups excluding carboxylic acids is 1. The van der Waals surface area contributed by atoms with Gasteiger partial charge in [0, 0.05) is 0 Å². The molecule has 198 valence electrons. The molecule has 33 heavy (non-hydrogen) atoms. The van der Waals surface area contributed by atoms with Crippen LogP contribution < -0.4 is 0 Å². The highest BCUT2D eigenvalue weighted by Gasteiger charge is 2.17. The number of ether oxygens (including phenoxy) is 1. The van der Waals surface area contributed by atoms with Gasteiger partial charge in [0.25, 0.3) is 0 Å². The van der Waals surface area contributed by atoms with Crippen molar-refractivity contribution in [1.29, 1.82) is 0 Å². The van der Waals surface area contributed by atoms with Gasteiger partial charge in [0.05, 0.1) is 12.5 Å². The minimum Gasteiger partial charge on any atom is -0.465 e. The van der Waals surface area contributed by atoms with Crippen LogP contribution in [0, 0.1) is 11.8 Å². The zero-order valence-corrected chi connectivity index (χ0v) is 23.4. The van der Waals surface area contributed by atoms with Crippen molar-refractivity contribution in [2.24, 2.45) is 11.8 Å². The van der Waals surface area contributed by atoms with Crippen LogP contribution in [0.5, 0.6) is 0 Å². The summed E-state index contributed by atoms with van der Waals surface area (Å²) in [5.41, 5.74) is 0. The molecule has 0 aliphatic heterocycles. The van der Waals surface area contributed by atoms with E-state index in [9.17, 15) is 4.79 Å². The maximum absolute atomic E-state index is 12.5. The van der Waals surface area contributed by atoms with E-state index in [4.69, 9.17) is 4.74 Å². The summed E-state index contributed by atoms with van der Waals surface area (Å²) in [6, 6.07) is 0. The molecular weight excluding hydrogens is 404 g/mol. The monoisotopic (exact) mass is 466 g/mol. The normalized spacial score (nSPS) is 13.2. The molecule has 0 amide bonds. The van der Waals surface area contributed by atoms with Crippen molar-refractivity contribution in [3.05, 3.63) is 0 Å². The number of carbonyl (C=O) groups is 1. The van der Waals surface area contributed by atoms with Crippen LogP contribution in [0.1, 0.15) is 175 Å². The summed E-state index contributed by atoms with van der Waals surface area (Å²) in [6.45, 7) is 9.55. The third-order valence-electron chi connectivity index (χ3n) is 7.29. The Balaban J connectivity index is 3.94. The molecule has 0 fully saturated rings. The molecule has 2 unspecified atom stereocenters. The molecule has 0 heterocycles. The van der Waals surface area contributed by atoms with Crippen LogP contribution in [-0.4, -0.2) is 12.6 Å². The van der Waals surface area contributed by atoms with Crippen molar-refractivity contribution in [2.45, 2.75) is 175 Å². The molecule has 0 aromatic heterocycles. The van der Waals surface area contributed by atoms with E-state index in [0.29, 0.717) is 12.5 Å². The fraction of sp³-hybridized carbons (Fsp3) is 0.968. The van der Waals surface area contributed by atoms with E-state index in [-0.39, 0.29) is 11.9 Å². The summed E-state index contributed by atoms with van der Waals surface area (Å²) in [4.78, 5) is 12.5. The van der Waals surface area contributed by atoms with Gasteiger partial charge in [-0.2, -0.15) is 0 Å². The third-order valence-corrected chi connectivity index (χ3v) is 7.29. The lowest BCUT2D eigenvalue weighted by Gasteiger charge is -2.19. The van der Waals surface area contributed by atoms with E-state index in [1.165, 1.54) is 141 Å². The number of hydrogen-bond donors (Lipinski definition) is 0. The van der Waals surface area contributed by atoms with Gasteiger partial charge in [-0.15, -0.1) is 0 Å². The largest absolute Gasteiger partial charge is 0.465 e. The van der Waals surface area contributed by atoms with E-state index >= 15 is 0 Å². The smallest absolute Gasteiger partial charge is 0.308 e. The van der Waals surface area contributed by atoms with Crippen molar-refractivity contribution in [3.63, 3.8) is 0 Å². The molecule has 0 aromatic carbocycles. The van der Waals surface area contributed by atoms with Crippen LogP contribution in [0.3, 0.4) is 0 Å². The highest BCUT2D eigenvalue weighted by Crippen LogP contribution is 2.21. The van der Waals surface area contributed by atoms with Gasteiger partial charge < -0.3 is 4.74 Å². The molecule has 0 N–H and O–H groups in total. The second-order valence-corrected chi connectivity index (χ2v) is 10.8. The lowest BCUT2D eigenvalue weighted by atomic mass is 9.95. The number of hydrogen-bond acceptors (Lipinski definition) is 2. The van der Waals surface area contributed by atoms with Gasteiger partial charge >= 0.3 is 5.97 Å². The lowest BCUT2D eigenvalue weighted by molar-refractivity contribution is -0.149. The highest BCUT2D eigenvalue weighted by molar-refractivity contribution is 5.71. The zero-order valence-electron chi connectivity index (χ0n) is 23.4. The van der Waals surface area contributed by atoms with E-state index < -0.39 is 0 Å². The molecular formula is C31H62O2. The Bertz CT molecular complexity index is 392. The Kier molecular flexibility index (Phi) is 25.7. The first-order chi connectivity index (χ1) is 16.2. The molecule has 0 bridgehead atoms. The molecule has 0 saturated carbocycles. The fourth-order valence-corrected chi connectivity index (χ4v) is 4.78. The fourth-order valence-electron chi connectivity index (χ4n) is 4.78. The second-order valence-electron chi connectivity index (χ2n) is 10.8. The molecule has 2 atom stereocenters. The van der Waals surface area contributed by atoms with Crippen LogP contribution in [0.4, 0.5) is 0 Å². The number of unbranched alkanes of at least 4 members (excludes halogenated alkanes) is 17. The Hall–Kier alpha value is -0.530. The molecule has 0 aliphatic carbocycles. The Morgan fingerprint density at radius 1 is 0.515 bits per heavy atom. The minimum atomic E-state index is 0.0485. The molecule has 0 aliphatic rings. The van der Waals surface area contributed by atoms with Crippen molar-refractivity contribution in [3.8, 4) is 0 Å². The van der Waals surface area contributed by atoms with Crippen molar-refractivity contribution < 1.29 is 9.53 Å². The van der Waals surface area contributed by atoms with Gasteiger partial charge in [0.15, 0.2) is 0 Å². The van der Waals surface area contributed by atoms with Gasteiger partial charge in [0.2, 0.25) is 0 Å². The predicted molar refractivity (Wildman–Crippen MR) is 147 cm³/mol. The highest BCUT2D eigenvalue weighted by atomic mass is 16.5. The Morgan fingerprint density at radius 2 is 0.848 bits per heavy atom. The van der Waals surface area contributed by atoms with E-state index in [2.05, 4.69) is 27.7 Å². The number of rotatable bonds is 26. The minimum absolute atomic E-state index is 0.0485. The van der Waals surface area contributed by atoms with Crippen LogP contribution in [0.25, 0.3) is 0 Å². The maximum Gasteiger partial charge on any atom is 0.308 e. The second kappa shape index (κ2) is 26.1. The predicted octanol–water partition coefficient (Wildman–Crippen LogP) is 10.8. The first-order valence-electron chi connectivity index (χ1n) is 15.3. The first kappa shape index (κ1) is 32.5. The van der Waals surface area contributed by atoms with Gasteiger partial charge in [-0.3, -0.25) is 4.79 Å².